The lowest BCUT2D eigenvalue weighted by Gasteiger charge is -2.33. The summed E-state index contributed by atoms with van der Waals surface area (Å²) in [5.74, 6) is 2.05. The highest BCUT2D eigenvalue weighted by Gasteiger charge is 2.29. The highest BCUT2D eigenvalue weighted by atomic mass is 16.5. The number of carbonyl (C=O) groups is 2. The van der Waals surface area contributed by atoms with Crippen molar-refractivity contribution in [3.8, 4) is 17.2 Å². The minimum Gasteiger partial charge on any atom is -0.497 e. The summed E-state index contributed by atoms with van der Waals surface area (Å²) in [7, 11) is 4.84. The van der Waals surface area contributed by atoms with Gasteiger partial charge in [0.15, 0.2) is 17.3 Å². The summed E-state index contributed by atoms with van der Waals surface area (Å²) in [5, 5.41) is 3.23. The van der Waals surface area contributed by atoms with Gasteiger partial charge >= 0.3 is 0 Å². The number of carbonyl (C=O) groups excluding carboxylic acids is 2. The van der Waals surface area contributed by atoms with E-state index in [4.69, 9.17) is 14.2 Å². The number of ether oxygens (including phenoxy) is 3. The van der Waals surface area contributed by atoms with Gasteiger partial charge in [0.1, 0.15) is 5.75 Å². The summed E-state index contributed by atoms with van der Waals surface area (Å²) < 4.78 is 16.0. The van der Waals surface area contributed by atoms with E-state index in [0.29, 0.717) is 33.9 Å². The monoisotopic (exact) mass is 473 g/mol. The van der Waals surface area contributed by atoms with Gasteiger partial charge in [-0.2, -0.15) is 0 Å². The SMILES string of the molecule is COc1ccc(C(=O)c2ccc(C(=O)NC3CCCCC3c3ccc(OC)c(OC)c3)cc2)cc1. The van der Waals surface area contributed by atoms with Crippen LogP contribution in [0.15, 0.2) is 66.7 Å². The first kappa shape index (κ1) is 24.3. The summed E-state index contributed by atoms with van der Waals surface area (Å²) in [4.78, 5) is 25.9. The van der Waals surface area contributed by atoms with Crippen LogP contribution in [0.1, 0.15) is 63.4 Å². The average Bonchev–Trinajstić information content (AvgIpc) is 2.92. The molecule has 3 aromatic carbocycles. The van der Waals surface area contributed by atoms with Crippen LogP contribution in [0.4, 0.5) is 0 Å². The summed E-state index contributed by atoms with van der Waals surface area (Å²) in [6.07, 6.45) is 4.10. The third-order valence-corrected chi connectivity index (χ3v) is 6.68. The van der Waals surface area contributed by atoms with Gasteiger partial charge in [-0.1, -0.05) is 31.0 Å². The fourth-order valence-electron chi connectivity index (χ4n) is 4.72. The molecule has 6 heteroatoms. The van der Waals surface area contributed by atoms with E-state index >= 15 is 0 Å². The van der Waals surface area contributed by atoms with Crippen molar-refractivity contribution in [1.29, 1.82) is 0 Å². The molecule has 0 bridgehead atoms. The van der Waals surface area contributed by atoms with Crippen molar-refractivity contribution in [1.82, 2.24) is 5.32 Å². The molecule has 0 radical (unpaired) electrons. The lowest BCUT2D eigenvalue weighted by atomic mass is 9.79. The van der Waals surface area contributed by atoms with Gasteiger partial charge in [0.25, 0.3) is 5.91 Å². The van der Waals surface area contributed by atoms with Crippen molar-refractivity contribution in [2.45, 2.75) is 37.6 Å². The Bertz CT molecular complexity index is 1170. The van der Waals surface area contributed by atoms with Crippen molar-refractivity contribution < 1.29 is 23.8 Å². The molecule has 0 aromatic heterocycles. The van der Waals surface area contributed by atoms with Gasteiger partial charge in [-0.25, -0.2) is 0 Å². The third kappa shape index (κ3) is 5.48. The first-order valence-electron chi connectivity index (χ1n) is 11.9. The number of amides is 1. The Morgan fingerprint density at radius 2 is 1.31 bits per heavy atom. The Balaban J connectivity index is 1.46. The molecule has 0 aliphatic heterocycles. The summed E-state index contributed by atoms with van der Waals surface area (Å²) in [6, 6.07) is 19.8. The van der Waals surface area contributed by atoms with Crippen LogP contribution in [0, 0.1) is 0 Å². The first-order chi connectivity index (χ1) is 17.0. The van der Waals surface area contributed by atoms with Crippen LogP contribution in [0.5, 0.6) is 17.2 Å². The molecule has 0 spiro atoms. The Morgan fingerprint density at radius 1 is 0.714 bits per heavy atom. The zero-order valence-corrected chi connectivity index (χ0v) is 20.4. The van der Waals surface area contributed by atoms with Crippen LogP contribution in [-0.2, 0) is 0 Å². The number of methoxy groups -OCH3 is 3. The van der Waals surface area contributed by atoms with Gasteiger partial charge in [-0.15, -0.1) is 0 Å². The Morgan fingerprint density at radius 3 is 1.94 bits per heavy atom. The van der Waals surface area contributed by atoms with Crippen molar-refractivity contribution >= 4 is 11.7 Å². The summed E-state index contributed by atoms with van der Waals surface area (Å²) >= 11 is 0. The number of rotatable bonds is 8. The maximum absolute atomic E-state index is 13.1. The highest BCUT2D eigenvalue weighted by Crippen LogP contribution is 2.37. The number of hydrogen-bond acceptors (Lipinski definition) is 5. The second-order valence-electron chi connectivity index (χ2n) is 8.72. The number of benzene rings is 3. The van der Waals surface area contributed by atoms with Crippen LogP contribution in [-0.4, -0.2) is 39.1 Å². The van der Waals surface area contributed by atoms with E-state index in [9.17, 15) is 9.59 Å². The quantitative estimate of drug-likeness (QED) is 0.444. The minimum absolute atomic E-state index is 0.0231. The van der Waals surface area contributed by atoms with Gasteiger partial charge in [0, 0.05) is 28.7 Å². The molecular formula is C29H31NO5. The van der Waals surface area contributed by atoms with Gasteiger partial charge < -0.3 is 19.5 Å². The van der Waals surface area contributed by atoms with E-state index in [1.165, 1.54) is 0 Å². The van der Waals surface area contributed by atoms with E-state index < -0.39 is 0 Å². The Labute approximate surface area is 206 Å². The van der Waals surface area contributed by atoms with Crippen LogP contribution < -0.4 is 19.5 Å². The molecule has 0 heterocycles. The molecule has 0 saturated heterocycles. The molecule has 3 aromatic rings. The molecule has 2 unspecified atom stereocenters. The van der Waals surface area contributed by atoms with Gasteiger partial charge in [-0.3, -0.25) is 9.59 Å². The predicted molar refractivity (Wildman–Crippen MR) is 135 cm³/mol. The minimum atomic E-state index is -0.133. The first-order valence-corrected chi connectivity index (χ1v) is 11.9. The maximum atomic E-state index is 13.1. The zero-order valence-electron chi connectivity index (χ0n) is 20.4. The molecule has 1 aliphatic carbocycles. The molecule has 35 heavy (non-hydrogen) atoms. The van der Waals surface area contributed by atoms with Crippen molar-refractivity contribution in [2.24, 2.45) is 0 Å². The van der Waals surface area contributed by atoms with E-state index in [2.05, 4.69) is 11.4 Å². The van der Waals surface area contributed by atoms with Crippen LogP contribution in [0.3, 0.4) is 0 Å². The molecule has 4 rings (SSSR count). The lowest BCUT2D eigenvalue weighted by Crippen LogP contribution is -2.41. The molecular weight excluding hydrogens is 442 g/mol. The fraction of sp³-hybridized carbons (Fsp3) is 0.310. The summed E-state index contributed by atoms with van der Waals surface area (Å²) in [6.45, 7) is 0. The molecule has 6 nitrogen and oxygen atoms in total. The van der Waals surface area contributed by atoms with Crippen molar-refractivity contribution in [3.05, 3.63) is 89.0 Å². The maximum Gasteiger partial charge on any atom is 0.251 e. The Kier molecular flexibility index (Phi) is 7.70. The van der Waals surface area contributed by atoms with E-state index in [1.54, 1.807) is 69.9 Å². The fourth-order valence-corrected chi connectivity index (χ4v) is 4.72. The average molecular weight is 474 g/mol. The molecule has 2 atom stereocenters. The van der Waals surface area contributed by atoms with Gasteiger partial charge in [0.2, 0.25) is 0 Å². The number of hydrogen-bond donors (Lipinski definition) is 1. The van der Waals surface area contributed by atoms with E-state index in [0.717, 1.165) is 31.2 Å². The largest absolute Gasteiger partial charge is 0.497 e. The Hall–Kier alpha value is -3.80. The zero-order chi connectivity index (χ0) is 24.8. The van der Waals surface area contributed by atoms with E-state index in [1.807, 2.05) is 12.1 Å². The van der Waals surface area contributed by atoms with Crippen LogP contribution >= 0.6 is 0 Å². The van der Waals surface area contributed by atoms with Crippen LogP contribution in [0.2, 0.25) is 0 Å². The van der Waals surface area contributed by atoms with E-state index in [-0.39, 0.29) is 23.7 Å². The highest BCUT2D eigenvalue weighted by molar-refractivity contribution is 6.09. The normalized spacial score (nSPS) is 17.3. The molecule has 1 aliphatic rings. The third-order valence-electron chi connectivity index (χ3n) is 6.68. The molecule has 1 saturated carbocycles. The van der Waals surface area contributed by atoms with Crippen molar-refractivity contribution in [3.63, 3.8) is 0 Å². The smallest absolute Gasteiger partial charge is 0.251 e. The molecule has 1 fully saturated rings. The molecule has 1 N–H and O–H groups in total. The topological polar surface area (TPSA) is 73.9 Å². The molecule has 1 amide bonds. The standard InChI is InChI=1S/C29H31NO5/c1-33-23-15-12-20(13-16-23)28(31)19-8-10-21(11-9-19)29(32)30-25-7-5-4-6-24(25)22-14-17-26(34-2)27(18-22)35-3/h8-18,24-25H,4-7H2,1-3H3,(H,30,32). The summed E-state index contributed by atoms with van der Waals surface area (Å²) in [5.41, 5.74) is 2.77. The van der Waals surface area contributed by atoms with Crippen LogP contribution in [0.25, 0.3) is 0 Å². The molecule has 182 valence electrons. The van der Waals surface area contributed by atoms with Crippen molar-refractivity contribution in [2.75, 3.05) is 21.3 Å². The number of nitrogens with one attached hydrogen (secondary N) is 1. The number of ketones is 1. The van der Waals surface area contributed by atoms with Gasteiger partial charge in [0.05, 0.1) is 21.3 Å². The van der Waals surface area contributed by atoms with Gasteiger partial charge in [-0.05, 0) is 66.9 Å². The second-order valence-corrected chi connectivity index (χ2v) is 8.72. The lowest BCUT2D eigenvalue weighted by molar-refractivity contribution is 0.0919. The predicted octanol–water partition coefficient (Wildman–Crippen LogP) is 5.40. The second kappa shape index (κ2) is 11.1.